The van der Waals surface area contributed by atoms with Crippen molar-refractivity contribution in [2.45, 2.75) is 58.8 Å². The van der Waals surface area contributed by atoms with Gasteiger partial charge in [-0.25, -0.2) is 4.79 Å². The van der Waals surface area contributed by atoms with Gasteiger partial charge in [0.1, 0.15) is 12.2 Å². The van der Waals surface area contributed by atoms with Gasteiger partial charge in [0.15, 0.2) is 0 Å². The Bertz CT molecular complexity index is 645. The number of ether oxygens (including phenoxy) is 2. The normalized spacial score (nSPS) is 36.9. The molecule has 5 atom stereocenters. The molecule has 1 aliphatic heterocycles. The summed E-state index contributed by atoms with van der Waals surface area (Å²) in [4.78, 5) is 24.6. The van der Waals surface area contributed by atoms with Crippen LogP contribution in [0, 0.1) is 11.8 Å². The van der Waals surface area contributed by atoms with E-state index in [4.69, 9.17) is 9.47 Å². The van der Waals surface area contributed by atoms with Crippen molar-refractivity contribution in [2.75, 3.05) is 6.61 Å². The summed E-state index contributed by atoms with van der Waals surface area (Å²) in [6.07, 6.45) is 3.83. The number of carbonyl (C=O) groups excluding carboxylic acids is 2. The molecule has 0 aromatic rings. The van der Waals surface area contributed by atoms with E-state index in [1.807, 2.05) is 0 Å². The minimum Gasteiger partial charge on any atom is -0.458 e. The molecule has 1 aliphatic carbocycles. The van der Waals surface area contributed by atoms with Crippen LogP contribution in [0.4, 0.5) is 0 Å². The molecular formula is C20H28O6. The number of hydrogen-bond donors (Lipinski definition) is 2. The number of rotatable bonds is 3. The molecule has 2 N–H and O–H groups in total. The molecule has 0 unspecified atom stereocenters. The zero-order valence-corrected chi connectivity index (χ0v) is 15.8. The fraction of sp³-hybridized carbons (Fsp3) is 0.600. The highest BCUT2D eigenvalue weighted by molar-refractivity contribution is 5.87. The van der Waals surface area contributed by atoms with Gasteiger partial charge in [-0.3, -0.25) is 4.79 Å². The molecule has 2 rings (SSSR count). The SMILES string of the molecule is C/C=C(\C)C(=O)O[C@@H]1C/C(CO)=C/C[C@@H](O)/C=C(/C)[C@H]2OC(=O)[C@H](C)[C@@H]21. The zero-order valence-electron chi connectivity index (χ0n) is 15.8. The van der Waals surface area contributed by atoms with Crippen LogP contribution < -0.4 is 0 Å². The van der Waals surface area contributed by atoms with Gasteiger partial charge in [0.25, 0.3) is 0 Å². The van der Waals surface area contributed by atoms with Crippen LogP contribution in [0.25, 0.3) is 0 Å². The average Bonchev–Trinajstić information content (AvgIpc) is 2.91. The van der Waals surface area contributed by atoms with Crippen molar-refractivity contribution in [3.8, 4) is 0 Å². The van der Waals surface area contributed by atoms with E-state index < -0.39 is 30.2 Å². The molecule has 1 fully saturated rings. The lowest BCUT2D eigenvalue weighted by molar-refractivity contribution is -0.148. The highest BCUT2D eigenvalue weighted by Crippen LogP contribution is 2.39. The molecular weight excluding hydrogens is 336 g/mol. The highest BCUT2D eigenvalue weighted by Gasteiger charge is 2.48. The van der Waals surface area contributed by atoms with Gasteiger partial charge in [-0.2, -0.15) is 0 Å². The fourth-order valence-corrected chi connectivity index (χ4v) is 3.47. The molecule has 1 saturated heterocycles. The number of aliphatic hydroxyl groups is 2. The van der Waals surface area contributed by atoms with Crippen LogP contribution in [0.15, 0.2) is 34.9 Å². The summed E-state index contributed by atoms with van der Waals surface area (Å²) in [5.41, 5.74) is 1.89. The van der Waals surface area contributed by atoms with Crippen LogP contribution in [0.2, 0.25) is 0 Å². The maximum atomic E-state index is 12.3. The minimum absolute atomic E-state index is 0.202. The van der Waals surface area contributed by atoms with Crippen LogP contribution >= 0.6 is 0 Å². The second kappa shape index (κ2) is 8.64. The molecule has 2 aliphatic rings. The van der Waals surface area contributed by atoms with Gasteiger partial charge < -0.3 is 19.7 Å². The summed E-state index contributed by atoms with van der Waals surface area (Å²) < 4.78 is 11.3. The Kier molecular flexibility index (Phi) is 6.78. The van der Waals surface area contributed by atoms with Crippen molar-refractivity contribution in [3.63, 3.8) is 0 Å². The Labute approximate surface area is 154 Å². The van der Waals surface area contributed by atoms with E-state index in [1.165, 1.54) is 0 Å². The van der Waals surface area contributed by atoms with E-state index in [0.29, 0.717) is 24.0 Å². The second-order valence-electron chi connectivity index (χ2n) is 7.08. The molecule has 0 aromatic heterocycles. The van der Waals surface area contributed by atoms with Crippen molar-refractivity contribution in [1.82, 2.24) is 0 Å². The third-order valence-corrected chi connectivity index (χ3v) is 5.20. The first-order valence-electron chi connectivity index (χ1n) is 8.98. The number of fused-ring (bicyclic) bond motifs is 1. The van der Waals surface area contributed by atoms with Crippen molar-refractivity contribution in [2.24, 2.45) is 11.8 Å². The van der Waals surface area contributed by atoms with E-state index >= 15 is 0 Å². The minimum atomic E-state index is -0.726. The van der Waals surface area contributed by atoms with Crippen molar-refractivity contribution in [3.05, 3.63) is 34.9 Å². The lowest BCUT2D eigenvalue weighted by atomic mass is 9.80. The van der Waals surface area contributed by atoms with E-state index in [-0.39, 0.29) is 18.5 Å². The molecule has 0 saturated carbocycles. The summed E-state index contributed by atoms with van der Waals surface area (Å²) in [5, 5.41) is 19.8. The van der Waals surface area contributed by atoms with Gasteiger partial charge in [0.05, 0.1) is 24.5 Å². The highest BCUT2D eigenvalue weighted by atomic mass is 16.6. The number of hydrogen-bond acceptors (Lipinski definition) is 6. The van der Waals surface area contributed by atoms with E-state index in [2.05, 4.69) is 0 Å². The van der Waals surface area contributed by atoms with Crippen LogP contribution in [0.5, 0.6) is 0 Å². The van der Waals surface area contributed by atoms with Crippen molar-refractivity contribution >= 4 is 11.9 Å². The Morgan fingerprint density at radius 1 is 1.46 bits per heavy atom. The van der Waals surface area contributed by atoms with Gasteiger partial charge in [-0.05, 0) is 38.3 Å². The fourth-order valence-electron chi connectivity index (χ4n) is 3.47. The molecule has 6 nitrogen and oxygen atoms in total. The van der Waals surface area contributed by atoms with Crippen LogP contribution in [-0.2, 0) is 19.1 Å². The maximum absolute atomic E-state index is 12.3. The Hall–Kier alpha value is -1.92. The zero-order chi connectivity index (χ0) is 19.4. The first kappa shape index (κ1) is 20.4. The van der Waals surface area contributed by atoms with Crippen molar-refractivity contribution in [1.29, 1.82) is 0 Å². The molecule has 26 heavy (non-hydrogen) atoms. The Morgan fingerprint density at radius 2 is 2.15 bits per heavy atom. The predicted molar refractivity (Wildman–Crippen MR) is 96.0 cm³/mol. The lowest BCUT2D eigenvalue weighted by Gasteiger charge is -2.30. The smallest absolute Gasteiger partial charge is 0.333 e. The Balaban J connectivity index is 2.44. The van der Waals surface area contributed by atoms with Gasteiger partial charge in [-0.1, -0.05) is 25.2 Å². The molecule has 0 bridgehead atoms. The van der Waals surface area contributed by atoms with Gasteiger partial charge in [0.2, 0.25) is 0 Å². The van der Waals surface area contributed by atoms with Gasteiger partial charge in [-0.15, -0.1) is 0 Å². The van der Waals surface area contributed by atoms with Gasteiger partial charge in [0, 0.05) is 12.0 Å². The topological polar surface area (TPSA) is 93.1 Å². The largest absolute Gasteiger partial charge is 0.458 e. The number of carbonyl (C=O) groups is 2. The lowest BCUT2D eigenvalue weighted by Crippen LogP contribution is -2.37. The summed E-state index contributed by atoms with van der Waals surface area (Å²) >= 11 is 0. The number of esters is 2. The van der Waals surface area contributed by atoms with Crippen LogP contribution in [0.3, 0.4) is 0 Å². The maximum Gasteiger partial charge on any atom is 0.333 e. The van der Waals surface area contributed by atoms with E-state index in [0.717, 1.165) is 5.57 Å². The van der Waals surface area contributed by atoms with E-state index in [1.54, 1.807) is 45.9 Å². The monoisotopic (exact) mass is 364 g/mol. The quantitative estimate of drug-likeness (QED) is 0.452. The third-order valence-electron chi connectivity index (χ3n) is 5.20. The first-order valence-corrected chi connectivity index (χ1v) is 8.98. The summed E-state index contributed by atoms with van der Waals surface area (Å²) in [6.45, 7) is 6.79. The molecule has 0 amide bonds. The number of allylic oxidation sites excluding steroid dienone is 1. The standard InChI is InChI=1S/C20H28O6/c1-5-11(2)19(23)25-16-9-14(10-21)6-7-15(22)8-12(3)18-17(16)13(4)20(24)26-18/h5-6,8,13,15-18,21-22H,7,9-10H2,1-4H3/b11-5+,12-8-,14-6-/t13-,15-,16-,17-,18-/m1/s1. The second-order valence-corrected chi connectivity index (χ2v) is 7.08. The molecule has 1 heterocycles. The van der Waals surface area contributed by atoms with Crippen molar-refractivity contribution < 1.29 is 29.3 Å². The molecule has 144 valence electrons. The average molecular weight is 364 g/mol. The number of aliphatic hydroxyl groups excluding tert-OH is 2. The molecule has 0 aromatic carbocycles. The molecule has 6 heteroatoms. The summed E-state index contributed by atoms with van der Waals surface area (Å²) in [6, 6.07) is 0. The Morgan fingerprint density at radius 3 is 2.77 bits per heavy atom. The summed E-state index contributed by atoms with van der Waals surface area (Å²) in [7, 11) is 0. The third kappa shape index (κ3) is 4.43. The van der Waals surface area contributed by atoms with Crippen LogP contribution in [-0.4, -0.2) is 47.1 Å². The molecule has 0 spiro atoms. The predicted octanol–water partition coefficient (Wildman–Crippen LogP) is 2.06. The summed E-state index contributed by atoms with van der Waals surface area (Å²) in [5.74, 6) is -1.63. The van der Waals surface area contributed by atoms with E-state index in [9.17, 15) is 19.8 Å². The van der Waals surface area contributed by atoms with Crippen LogP contribution in [0.1, 0.15) is 40.5 Å². The first-order chi connectivity index (χ1) is 12.3. The molecule has 0 radical (unpaired) electrons. The van der Waals surface area contributed by atoms with Gasteiger partial charge >= 0.3 is 11.9 Å².